The lowest BCUT2D eigenvalue weighted by Crippen LogP contribution is -2.54. The summed E-state index contributed by atoms with van der Waals surface area (Å²) in [5.74, 6) is 0.840. The Morgan fingerprint density at radius 3 is 2.66 bits per heavy atom. The molecule has 0 bridgehead atoms. The number of carbonyl (C=O) groups excluding carboxylic acids is 1. The van der Waals surface area contributed by atoms with Crippen LogP contribution in [0.4, 0.5) is 0 Å². The number of hydrogen-bond donors (Lipinski definition) is 4. The molecule has 2 aromatic rings. The topological polar surface area (TPSA) is 107 Å². The number of allylic oxidation sites excluding steroid dienone is 1. The van der Waals surface area contributed by atoms with E-state index >= 15 is 0 Å². The number of carbonyl (C=O) groups is 1. The first-order chi connectivity index (χ1) is 13.8. The number of aryl methyl sites for hydroxylation is 2. The summed E-state index contributed by atoms with van der Waals surface area (Å²) < 4.78 is 17.1. The summed E-state index contributed by atoms with van der Waals surface area (Å²) in [4.78, 5) is 13.8. The average molecular weight is 421 g/mol. The van der Waals surface area contributed by atoms with E-state index in [9.17, 15) is 9.90 Å². The largest absolute Gasteiger partial charge is 0.488 e. The zero-order valence-electron chi connectivity index (χ0n) is 17.0. The zero-order chi connectivity index (χ0) is 21.2. The summed E-state index contributed by atoms with van der Waals surface area (Å²) in [5.41, 5.74) is 7.59. The van der Waals surface area contributed by atoms with E-state index < -0.39 is 5.54 Å². The first-order valence-corrected chi connectivity index (χ1v) is 10.0. The Balaban J connectivity index is 1.93. The molecule has 0 saturated carbocycles. The third kappa shape index (κ3) is 4.55. The summed E-state index contributed by atoms with van der Waals surface area (Å²) in [6, 6.07) is 3.64. The molecule has 7 nitrogen and oxygen atoms in total. The van der Waals surface area contributed by atoms with Gasteiger partial charge >= 0.3 is 0 Å². The molecule has 1 saturated heterocycles. The van der Waals surface area contributed by atoms with Crippen LogP contribution in [0.15, 0.2) is 27.2 Å². The molecule has 3 rings (SSSR count). The van der Waals surface area contributed by atoms with Crippen molar-refractivity contribution < 1.29 is 23.8 Å². The number of aliphatic hydroxyl groups is 1. The molecule has 0 unspecified atom stereocenters. The second-order valence-electron chi connectivity index (χ2n) is 7.57. The molecule has 1 amide bonds. The number of hydrogen-bond acceptors (Lipinski definition) is 7. The molecular formula is C21H28N2O5S. The number of aliphatic hydroxyl groups excluding tert-OH is 1. The van der Waals surface area contributed by atoms with Crippen molar-refractivity contribution in [3.8, 4) is 5.75 Å². The van der Waals surface area contributed by atoms with Gasteiger partial charge in [0.25, 0.3) is 5.91 Å². The Morgan fingerprint density at radius 1 is 1.34 bits per heavy atom. The van der Waals surface area contributed by atoms with Gasteiger partial charge in [-0.25, -0.2) is 0 Å². The molecule has 4 N–H and O–H groups in total. The van der Waals surface area contributed by atoms with Crippen LogP contribution in [0.1, 0.15) is 41.4 Å². The molecule has 158 valence electrons. The minimum Gasteiger partial charge on any atom is -0.488 e. The van der Waals surface area contributed by atoms with Gasteiger partial charge in [-0.15, -0.1) is 12.6 Å². The molecule has 0 atom stereocenters. The molecular weight excluding hydrogens is 392 g/mol. The van der Waals surface area contributed by atoms with Crippen molar-refractivity contribution in [2.24, 2.45) is 5.73 Å². The van der Waals surface area contributed by atoms with Crippen LogP contribution in [0.3, 0.4) is 0 Å². The number of ether oxygens (including phenoxy) is 2. The standard InChI is InChI=1S/C21H28N2O5S/c1-12-8-15(27-10-17(29)13(2)22)9-16-18(14(3)28-19(12)16)20(25)23-21(11-24)4-6-26-7-5-21/h8-9,24,29H,4-7,10-11,22H2,1-3H3,(H,23,25)/b17-13-. The van der Waals surface area contributed by atoms with E-state index in [-0.39, 0.29) is 19.1 Å². The van der Waals surface area contributed by atoms with Crippen LogP contribution in [-0.4, -0.2) is 43.0 Å². The molecule has 0 aliphatic carbocycles. The van der Waals surface area contributed by atoms with Gasteiger partial charge in [-0.1, -0.05) is 0 Å². The van der Waals surface area contributed by atoms with Crippen LogP contribution in [-0.2, 0) is 4.74 Å². The molecule has 0 radical (unpaired) electrons. The minimum absolute atomic E-state index is 0.139. The van der Waals surface area contributed by atoms with Gasteiger partial charge in [-0.05, 0) is 51.3 Å². The number of nitrogens with one attached hydrogen (secondary N) is 1. The predicted molar refractivity (Wildman–Crippen MR) is 114 cm³/mol. The fourth-order valence-corrected chi connectivity index (χ4v) is 3.54. The van der Waals surface area contributed by atoms with Crippen molar-refractivity contribution in [2.45, 2.75) is 39.2 Å². The Bertz CT molecular complexity index is 940. The maximum atomic E-state index is 13.2. The SMILES string of the molecule is C/C(N)=C(/S)COc1cc(C)c2oc(C)c(C(=O)NC3(CO)CCOCC3)c2c1. The maximum absolute atomic E-state index is 13.2. The summed E-state index contributed by atoms with van der Waals surface area (Å²) in [7, 11) is 0. The third-order valence-corrected chi connectivity index (χ3v) is 5.80. The molecule has 2 heterocycles. The molecule has 1 aromatic carbocycles. The third-order valence-electron chi connectivity index (χ3n) is 5.31. The monoisotopic (exact) mass is 420 g/mol. The summed E-state index contributed by atoms with van der Waals surface area (Å²) in [5, 5.41) is 13.6. The van der Waals surface area contributed by atoms with Crippen molar-refractivity contribution in [1.29, 1.82) is 0 Å². The van der Waals surface area contributed by atoms with Gasteiger partial charge in [0.1, 0.15) is 23.7 Å². The minimum atomic E-state index is -0.682. The van der Waals surface area contributed by atoms with Crippen LogP contribution in [0.5, 0.6) is 5.75 Å². The van der Waals surface area contributed by atoms with Gasteiger partial charge in [0.15, 0.2) is 0 Å². The number of nitrogens with two attached hydrogens (primary N) is 1. The van der Waals surface area contributed by atoms with E-state index in [2.05, 4.69) is 17.9 Å². The van der Waals surface area contributed by atoms with Crippen molar-refractivity contribution >= 4 is 29.5 Å². The first-order valence-electron chi connectivity index (χ1n) is 9.58. The van der Waals surface area contributed by atoms with Crippen molar-refractivity contribution in [1.82, 2.24) is 5.32 Å². The Kier molecular flexibility index (Phi) is 6.45. The van der Waals surface area contributed by atoms with E-state index in [0.29, 0.717) is 64.7 Å². The number of amides is 1. The van der Waals surface area contributed by atoms with Gasteiger partial charge < -0.3 is 30.0 Å². The normalized spacial score (nSPS) is 17.1. The second-order valence-corrected chi connectivity index (χ2v) is 8.11. The molecule has 1 aliphatic rings. The fraction of sp³-hybridized carbons (Fsp3) is 0.476. The number of fused-ring (bicyclic) bond motifs is 1. The van der Waals surface area contributed by atoms with Gasteiger partial charge in [0.05, 0.1) is 17.7 Å². The van der Waals surface area contributed by atoms with E-state index in [0.717, 1.165) is 5.56 Å². The quantitative estimate of drug-likeness (QED) is 0.536. The Labute approximate surface area is 175 Å². The first kappa shape index (κ1) is 21.5. The second kappa shape index (κ2) is 8.69. The lowest BCUT2D eigenvalue weighted by molar-refractivity contribution is 0.0125. The van der Waals surface area contributed by atoms with Gasteiger partial charge in [0.2, 0.25) is 0 Å². The summed E-state index contributed by atoms with van der Waals surface area (Å²) in [6.45, 7) is 6.53. The highest BCUT2D eigenvalue weighted by Gasteiger charge is 2.35. The van der Waals surface area contributed by atoms with E-state index in [4.69, 9.17) is 19.6 Å². The van der Waals surface area contributed by atoms with Crippen LogP contribution >= 0.6 is 12.6 Å². The Morgan fingerprint density at radius 2 is 2.03 bits per heavy atom. The lowest BCUT2D eigenvalue weighted by atomic mass is 9.90. The van der Waals surface area contributed by atoms with Crippen molar-refractivity contribution in [2.75, 3.05) is 26.4 Å². The summed E-state index contributed by atoms with van der Waals surface area (Å²) >= 11 is 4.32. The Hall–Kier alpha value is -2.16. The molecule has 0 spiro atoms. The number of furan rings is 1. The van der Waals surface area contributed by atoms with E-state index in [1.54, 1.807) is 19.9 Å². The highest BCUT2D eigenvalue weighted by molar-refractivity contribution is 7.84. The smallest absolute Gasteiger partial charge is 0.255 e. The van der Waals surface area contributed by atoms with Crippen LogP contribution in [0, 0.1) is 13.8 Å². The van der Waals surface area contributed by atoms with Gasteiger partial charge in [-0.2, -0.15) is 0 Å². The van der Waals surface area contributed by atoms with Crippen molar-refractivity contribution in [3.63, 3.8) is 0 Å². The maximum Gasteiger partial charge on any atom is 0.255 e. The molecule has 1 aliphatic heterocycles. The molecule has 1 fully saturated rings. The molecule has 29 heavy (non-hydrogen) atoms. The number of rotatable bonds is 6. The van der Waals surface area contributed by atoms with E-state index in [1.165, 1.54) is 0 Å². The number of thiol groups is 1. The average Bonchev–Trinajstić information content (AvgIpc) is 3.03. The molecule has 8 heteroatoms. The van der Waals surface area contributed by atoms with Crippen LogP contribution in [0.25, 0.3) is 11.0 Å². The van der Waals surface area contributed by atoms with Crippen LogP contribution < -0.4 is 15.8 Å². The lowest BCUT2D eigenvalue weighted by Gasteiger charge is -2.36. The number of benzene rings is 1. The van der Waals surface area contributed by atoms with Gasteiger partial charge in [0, 0.05) is 29.2 Å². The van der Waals surface area contributed by atoms with Crippen molar-refractivity contribution in [3.05, 3.63) is 39.6 Å². The summed E-state index contributed by atoms with van der Waals surface area (Å²) in [6.07, 6.45) is 1.12. The zero-order valence-corrected chi connectivity index (χ0v) is 17.9. The highest BCUT2D eigenvalue weighted by atomic mass is 32.1. The predicted octanol–water partition coefficient (Wildman–Crippen LogP) is 2.82. The van der Waals surface area contributed by atoms with Gasteiger partial charge in [-0.3, -0.25) is 4.79 Å². The highest BCUT2D eigenvalue weighted by Crippen LogP contribution is 2.33. The van der Waals surface area contributed by atoms with Crippen LogP contribution in [0.2, 0.25) is 0 Å². The molecule has 1 aromatic heterocycles. The van der Waals surface area contributed by atoms with E-state index in [1.807, 2.05) is 13.0 Å². The fourth-order valence-electron chi connectivity index (χ4n) is 3.47.